The van der Waals surface area contributed by atoms with Gasteiger partial charge in [0.1, 0.15) is 11.4 Å². The van der Waals surface area contributed by atoms with Crippen LogP contribution in [0.5, 0.6) is 0 Å². The highest BCUT2D eigenvalue weighted by molar-refractivity contribution is 7.89. The fourth-order valence-corrected chi connectivity index (χ4v) is 3.37. The van der Waals surface area contributed by atoms with Crippen molar-refractivity contribution >= 4 is 21.8 Å². The minimum atomic E-state index is -3.74. The summed E-state index contributed by atoms with van der Waals surface area (Å²) in [4.78, 5) is 19.4. The Morgan fingerprint density at radius 1 is 1.18 bits per heavy atom. The predicted molar refractivity (Wildman–Crippen MR) is 101 cm³/mol. The number of aromatic nitrogens is 4. The van der Waals surface area contributed by atoms with E-state index in [9.17, 15) is 13.2 Å². The van der Waals surface area contributed by atoms with Crippen LogP contribution >= 0.6 is 0 Å². The number of hydrogen-bond donors (Lipinski definition) is 2. The first kappa shape index (κ1) is 19.5. The van der Waals surface area contributed by atoms with E-state index in [1.807, 2.05) is 0 Å². The van der Waals surface area contributed by atoms with Crippen molar-refractivity contribution in [1.82, 2.24) is 24.5 Å². The molecule has 1 aromatic carbocycles. The van der Waals surface area contributed by atoms with E-state index in [1.54, 1.807) is 36.4 Å². The summed E-state index contributed by atoms with van der Waals surface area (Å²) in [7, 11) is -0.783. The average molecular weight is 402 g/mol. The van der Waals surface area contributed by atoms with E-state index in [4.69, 9.17) is 0 Å². The first-order valence-electron chi connectivity index (χ1n) is 8.13. The Kier molecular flexibility index (Phi) is 5.66. The van der Waals surface area contributed by atoms with E-state index in [0.29, 0.717) is 22.8 Å². The van der Waals surface area contributed by atoms with Crippen LogP contribution in [-0.2, 0) is 28.4 Å². The molecule has 0 fully saturated rings. The molecule has 10 nitrogen and oxygen atoms in total. The molecule has 1 amide bonds. The third kappa shape index (κ3) is 4.50. The fraction of sp³-hybridized carbons (Fsp3) is 0.176. The van der Waals surface area contributed by atoms with Gasteiger partial charge in [-0.3, -0.25) is 20.0 Å². The van der Waals surface area contributed by atoms with Gasteiger partial charge in [-0.2, -0.15) is 5.10 Å². The number of nitrogens with one attached hydrogen (secondary N) is 2. The van der Waals surface area contributed by atoms with Crippen LogP contribution in [0, 0.1) is 0 Å². The molecule has 11 heteroatoms. The Labute approximate surface area is 161 Å². The SMILES string of the molecule is COC(=O)Nc1ccc(S(=O)(=O)NCc2cc(-c3cnccn3)nn2C)cc1. The zero-order chi connectivity index (χ0) is 20.1. The molecule has 0 aliphatic rings. The summed E-state index contributed by atoms with van der Waals surface area (Å²) in [5.74, 6) is 0. The topological polar surface area (TPSA) is 128 Å². The molecule has 3 rings (SSSR count). The second kappa shape index (κ2) is 8.15. The number of anilines is 1. The van der Waals surface area contributed by atoms with Gasteiger partial charge >= 0.3 is 6.09 Å². The van der Waals surface area contributed by atoms with E-state index in [0.717, 1.165) is 0 Å². The molecule has 3 aromatic rings. The zero-order valence-electron chi connectivity index (χ0n) is 15.2. The largest absolute Gasteiger partial charge is 0.453 e. The Morgan fingerprint density at radius 3 is 2.57 bits per heavy atom. The van der Waals surface area contributed by atoms with Gasteiger partial charge in [0.15, 0.2) is 0 Å². The molecular formula is C17H18N6O4S. The first-order chi connectivity index (χ1) is 13.4. The van der Waals surface area contributed by atoms with Crippen molar-refractivity contribution in [3.05, 3.63) is 54.6 Å². The molecule has 28 heavy (non-hydrogen) atoms. The van der Waals surface area contributed by atoms with Gasteiger partial charge in [0, 0.05) is 25.1 Å². The van der Waals surface area contributed by atoms with Crippen molar-refractivity contribution in [3.63, 3.8) is 0 Å². The maximum atomic E-state index is 12.5. The number of carbonyl (C=O) groups excluding carboxylic acids is 1. The summed E-state index contributed by atoms with van der Waals surface area (Å²) in [5.41, 5.74) is 2.28. The number of aryl methyl sites for hydroxylation is 1. The van der Waals surface area contributed by atoms with Crippen LogP contribution in [0.1, 0.15) is 5.69 Å². The van der Waals surface area contributed by atoms with E-state index >= 15 is 0 Å². The number of methoxy groups -OCH3 is 1. The van der Waals surface area contributed by atoms with Crippen LogP contribution in [0.15, 0.2) is 53.8 Å². The average Bonchev–Trinajstić information content (AvgIpc) is 3.08. The van der Waals surface area contributed by atoms with Crippen LogP contribution < -0.4 is 10.0 Å². The highest BCUT2D eigenvalue weighted by Crippen LogP contribution is 2.17. The second-order valence-corrected chi connectivity index (χ2v) is 7.47. The molecule has 2 N–H and O–H groups in total. The number of sulfonamides is 1. The summed E-state index contributed by atoms with van der Waals surface area (Å²) in [6.45, 7) is 0.0499. The van der Waals surface area contributed by atoms with Gasteiger partial charge in [-0.15, -0.1) is 0 Å². The van der Waals surface area contributed by atoms with Crippen molar-refractivity contribution in [3.8, 4) is 11.4 Å². The predicted octanol–water partition coefficient (Wildman–Crippen LogP) is 1.53. The molecule has 0 saturated heterocycles. The first-order valence-corrected chi connectivity index (χ1v) is 9.61. The number of nitrogens with zero attached hydrogens (tertiary/aromatic N) is 4. The normalized spacial score (nSPS) is 11.2. The van der Waals surface area contributed by atoms with Gasteiger partial charge in [0.05, 0.1) is 30.4 Å². The third-order valence-electron chi connectivity index (χ3n) is 3.84. The quantitative estimate of drug-likeness (QED) is 0.640. The molecular weight excluding hydrogens is 384 g/mol. The van der Waals surface area contributed by atoms with Gasteiger partial charge in [-0.05, 0) is 30.3 Å². The third-order valence-corrected chi connectivity index (χ3v) is 5.26. The smallest absolute Gasteiger partial charge is 0.411 e. The van der Waals surface area contributed by atoms with E-state index in [2.05, 4.69) is 29.8 Å². The van der Waals surface area contributed by atoms with Crippen LogP contribution in [0.25, 0.3) is 11.4 Å². The number of carbonyl (C=O) groups is 1. The Hall–Kier alpha value is -3.31. The molecule has 0 aliphatic carbocycles. The van der Waals surface area contributed by atoms with Crippen molar-refractivity contribution in [2.45, 2.75) is 11.4 Å². The highest BCUT2D eigenvalue weighted by atomic mass is 32.2. The maximum Gasteiger partial charge on any atom is 0.411 e. The number of benzene rings is 1. The molecule has 2 heterocycles. The minimum Gasteiger partial charge on any atom is -0.453 e. The zero-order valence-corrected chi connectivity index (χ0v) is 16.0. The monoisotopic (exact) mass is 402 g/mol. The van der Waals surface area contributed by atoms with Crippen molar-refractivity contribution in [2.24, 2.45) is 7.05 Å². The Morgan fingerprint density at radius 2 is 1.93 bits per heavy atom. The molecule has 0 aliphatic heterocycles. The van der Waals surface area contributed by atoms with Crippen molar-refractivity contribution in [1.29, 1.82) is 0 Å². The summed E-state index contributed by atoms with van der Waals surface area (Å²) in [6, 6.07) is 7.48. The Balaban J connectivity index is 1.70. The van der Waals surface area contributed by atoms with Crippen LogP contribution in [0.3, 0.4) is 0 Å². The van der Waals surface area contributed by atoms with Crippen molar-refractivity contribution in [2.75, 3.05) is 12.4 Å². The lowest BCUT2D eigenvalue weighted by Gasteiger charge is -2.08. The maximum absolute atomic E-state index is 12.5. The van der Waals surface area contributed by atoms with Crippen LogP contribution in [0.2, 0.25) is 0 Å². The summed E-state index contributed by atoms with van der Waals surface area (Å²) < 4.78 is 33.6. The molecule has 2 aromatic heterocycles. The second-order valence-electron chi connectivity index (χ2n) is 5.70. The number of rotatable bonds is 6. The number of ether oxygens (including phenoxy) is 1. The van der Waals surface area contributed by atoms with Crippen LogP contribution in [0.4, 0.5) is 10.5 Å². The summed E-state index contributed by atoms with van der Waals surface area (Å²) in [6.07, 6.45) is 4.07. The van der Waals surface area contributed by atoms with Gasteiger partial charge in [0.2, 0.25) is 10.0 Å². The lowest BCUT2D eigenvalue weighted by Crippen LogP contribution is -2.24. The molecule has 146 valence electrons. The summed E-state index contributed by atoms with van der Waals surface area (Å²) in [5, 5.41) is 6.78. The molecule has 0 spiro atoms. The van der Waals surface area contributed by atoms with Gasteiger partial charge in [-0.1, -0.05) is 0 Å². The fourth-order valence-electron chi connectivity index (χ4n) is 2.37. The van der Waals surface area contributed by atoms with Gasteiger partial charge < -0.3 is 4.74 Å². The molecule has 0 saturated carbocycles. The number of hydrogen-bond acceptors (Lipinski definition) is 7. The van der Waals surface area contributed by atoms with E-state index in [-0.39, 0.29) is 11.4 Å². The van der Waals surface area contributed by atoms with Gasteiger partial charge in [0.25, 0.3) is 0 Å². The minimum absolute atomic E-state index is 0.0499. The lowest BCUT2D eigenvalue weighted by molar-refractivity contribution is 0.187. The molecule has 0 unspecified atom stereocenters. The lowest BCUT2D eigenvalue weighted by atomic mass is 10.3. The Bertz CT molecular complexity index is 1060. The summed E-state index contributed by atoms with van der Waals surface area (Å²) >= 11 is 0. The van der Waals surface area contributed by atoms with E-state index < -0.39 is 16.1 Å². The van der Waals surface area contributed by atoms with E-state index in [1.165, 1.54) is 31.4 Å². The molecule has 0 bridgehead atoms. The highest BCUT2D eigenvalue weighted by Gasteiger charge is 2.16. The molecule has 0 radical (unpaired) electrons. The molecule has 0 atom stereocenters. The number of amides is 1. The van der Waals surface area contributed by atoms with Crippen LogP contribution in [-0.4, -0.2) is 41.4 Å². The standard InChI is InChI=1S/C17H18N6O4S/c1-23-13(9-15(22-23)16-11-18-7-8-19-16)10-20-28(25,26)14-5-3-12(4-6-14)21-17(24)27-2/h3-9,11,20H,10H2,1-2H3,(H,21,24). The van der Waals surface area contributed by atoms with Crippen molar-refractivity contribution < 1.29 is 17.9 Å². The van der Waals surface area contributed by atoms with Gasteiger partial charge in [-0.25, -0.2) is 17.9 Å².